The SMILES string of the molecule is CC(=O)N1CCC(C(=O)N2CC[C@@H](N(C)C(=O)c3cc4ccc(Cl)cc4[nH]3)[C@H](c3ccc(Cl)c(Cl)c3)C2)CC1. The summed E-state index contributed by atoms with van der Waals surface area (Å²) in [7, 11) is 1.81. The summed E-state index contributed by atoms with van der Waals surface area (Å²) in [4.78, 5) is 47.6. The summed E-state index contributed by atoms with van der Waals surface area (Å²) in [5, 5.41) is 2.40. The zero-order valence-corrected chi connectivity index (χ0v) is 24.2. The first kappa shape index (κ1) is 27.8. The standard InChI is InChI=1S/C29H31Cl3N4O3/c1-17(37)35-10-7-18(8-11-35)28(38)36-12-9-27(22(16-36)19-4-6-23(31)24(32)13-19)34(2)29(39)26-14-20-3-5-21(30)15-25(20)33-26/h3-6,13-15,18,22,27,33H,7-12,16H2,1-2H3/t22-,27+/m0/s1. The van der Waals surface area contributed by atoms with Crippen molar-refractivity contribution >= 4 is 63.4 Å². The Morgan fingerprint density at radius 3 is 2.31 bits per heavy atom. The van der Waals surface area contributed by atoms with E-state index in [1.807, 2.05) is 36.2 Å². The Hall–Kier alpha value is -2.74. The molecule has 3 aromatic rings. The van der Waals surface area contributed by atoms with Gasteiger partial charge in [-0.25, -0.2) is 0 Å². The molecule has 5 rings (SSSR count). The number of carbonyl (C=O) groups excluding carboxylic acids is 3. The van der Waals surface area contributed by atoms with Crippen LogP contribution in [0.1, 0.15) is 48.2 Å². The molecule has 3 heterocycles. The van der Waals surface area contributed by atoms with E-state index in [0.717, 1.165) is 16.5 Å². The van der Waals surface area contributed by atoms with Crippen LogP contribution in [-0.4, -0.2) is 76.7 Å². The molecular weight excluding hydrogens is 559 g/mol. The van der Waals surface area contributed by atoms with Crippen molar-refractivity contribution in [3.8, 4) is 0 Å². The van der Waals surface area contributed by atoms with Gasteiger partial charge in [0.1, 0.15) is 5.69 Å². The molecule has 2 atom stereocenters. The second kappa shape index (κ2) is 11.4. The average Bonchev–Trinajstić information content (AvgIpc) is 3.36. The number of piperidine rings is 2. The Labute approximate surface area is 243 Å². The summed E-state index contributed by atoms with van der Waals surface area (Å²) in [5.41, 5.74) is 2.22. The third-order valence-electron chi connectivity index (χ3n) is 8.18. The first-order valence-electron chi connectivity index (χ1n) is 13.2. The molecule has 2 aromatic carbocycles. The highest BCUT2D eigenvalue weighted by Crippen LogP contribution is 2.36. The smallest absolute Gasteiger partial charge is 0.270 e. The van der Waals surface area contributed by atoms with Crippen molar-refractivity contribution < 1.29 is 14.4 Å². The van der Waals surface area contributed by atoms with Crippen molar-refractivity contribution in [3.05, 3.63) is 68.8 Å². The molecule has 0 aliphatic carbocycles. The van der Waals surface area contributed by atoms with E-state index in [4.69, 9.17) is 34.8 Å². The zero-order chi connectivity index (χ0) is 27.8. The molecule has 7 nitrogen and oxygen atoms in total. The molecule has 0 radical (unpaired) electrons. The fourth-order valence-electron chi connectivity index (χ4n) is 5.93. The molecule has 39 heavy (non-hydrogen) atoms. The van der Waals surface area contributed by atoms with Crippen molar-refractivity contribution in [2.45, 2.75) is 38.1 Å². The van der Waals surface area contributed by atoms with Crippen LogP contribution in [0.25, 0.3) is 10.9 Å². The molecule has 2 aliphatic rings. The molecule has 0 spiro atoms. The minimum Gasteiger partial charge on any atom is -0.350 e. The van der Waals surface area contributed by atoms with Gasteiger partial charge in [-0.3, -0.25) is 14.4 Å². The summed E-state index contributed by atoms with van der Waals surface area (Å²) >= 11 is 18.7. The van der Waals surface area contributed by atoms with Gasteiger partial charge in [0.25, 0.3) is 5.91 Å². The zero-order valence-electron chi connectivity index (χ0n) is 21.9. The number of likely N-dealkylation sites (tertiary alicyclic amines) is 2. The number of hydrogen-bond acceptors (Lipinski definition) is 3. The van der Waals surface area contributed by atoms with Crippen molar-refractivity contribution in [2.75, 3.05) is 33.2 Å². The number of aromatic amines is 1. The van der Waals surface area contributed by atoms with E-state index in [-0.39, 0.29) is 35.6 Å². The largest absolute Gasteiger partial charge is 0.350 e. The summed E-state index contributed by atoms with van der Waals surface area (Å²) < 4.78 is 0. The highest BCUT2D eigenvalue weighted by Gasteiger charge is 2.39. The predicted molar refractivity (Wildman–Crippen MR) is 155 cm³/mol. The molecule has 3 amide bonds. The van der Waals surface area contributed by atoms with E-state index in [9.17, 15) is 14.4 Å². The van der Waals surface area contributed by atoms with Gasteiger partial charge >= 0.3 is 0 Å². The number of carbonyl (C=O) groups is 3. The van der Waals surface area contributed by atoms with E-state index in [1.54, 1.807) is 34.9 Å². The van der Waals surface area contributed by atoms with Crippen LogP contribution >= 0.6 is 34.8 Å². The van der Waals surface area contributed by atoms with Gasteiger partial charge in [0.15, 0.2) is 0 Å². The van der Waals surface area contributed by atoms with Crippen LogP contribution in [0, 0.1) is 5.92 Å². The summed E-state index contributed by atoms with van der Waals surface area (Å²) in [6, 6.07) is 12.7. The van der Waals surface area contributed by atoms with E-state index in [2.05, 4.69) is 4.98 Å². The number of hydrogen-bond donors (Lipinski definition) is 1. The van der Waals surface area contributed by atoms with Gasteiger partial charge in [0.2, 0.25) is 11.8 Å². The lowest BCUT2D eigenvalue weighted by Gasteiger charge is -2.44. The van der Waals surface area contributed by atoms with E-state index in [1.165, 1.54) is 0 Å². The first-order chi connectivity index (χ1) is 18.6. The number of fused-ring (bicyclic) bond motifs is 1. The molecule has 0 unspecified atom stereocenters. The van der Waals surface area contributed by atoms with Crippen LogP contribution in [0.4, 0.5) is 0 Å². The normalized spacial score (nSPS) is 20.3. The average molecular weight is 590 g/mol. The van der Waals surface area contributed by atoms with Crippen LogP contribution < -0.4 is 0 Å². The van der Waals surface area contributed by atoms with Gasteiger partial charge in [-0.15, -0.1) is 0 Å². The number of amides is 3. The van der Waals surface area contributed by atoms with E-state index >= 15 is 0 Å². The Kier molecular flexibility index (Phi) is 8.13. The summed E-state index contributed by atoms with van der Waals surface area (Å²) in [6.07, 6.45) is 1.95. The predicted octanol–water partition coefficient (Wildman–Crippen LogP) is 5.84. The number of benzene rings is 2. The molecular formula is C29H31Cl3N4O3. The van der Waals surface area contributed by atoms with Crippen LogP contribution in [0.15, 0.2) is 42.5 Å². The maximum atomic E-state index is 13.6. The fraction of sp³-hybridized carbons (Fsp3) is 0.414. The Bertz CT molecular complexity index is 1420. The number of likely N-dealkylation sites (N-methyl/N-ethyl adjacent to an activating group) is 1. The molecule has 2 saturated heterocycles. The van der Waals surface area contributed by atoms with Gasteiger partial charge in [-0.1, -0.05) is 46.9 Å². The Morgan fingerprint density at radius 1 is 0.897 bits per heavy atom. The number of nitrogens with one attached hydrogen (secondary N) is 1. The lowest BCUT2D eigenvalue weighted by molar-refractivity contribution is -0.141. The molecule has 2 fully saturated rings. The van der Waals surface area contributed by atoms with E-state index < -0.39 is 0 Å². The molecule has 0 saturated carbocycles. The summed E-state index contributed by atoms with van der Waals surface area (Å²) in [5.74, 6) is -0.226. The Morgan fingerprint density at radius 2 is 1.62 bits per heavy atom. The van der Waals surface area contributed by atoms with Gasteiger partial charge < -0.3 is 19.7 Å². The minimum atomic E-state index is -0.159. The van der Waals surface area contributed by atoms with Crippen molar-refractivity contribution in [1.82, 2.24) is 19.7 Å². The second-order valence-electron chi connectivity index (χ2n) is 10.5. The third kappa shape index (κ3) is 5.76. The molecule has 206 valence electrons. The highest BCUT2D eigenvalue weighted by molar-refractivity contribution is 6.42. The number of aromatic nitrogens is 1. The number of H-pyrrole nitrogens is 1. The molecule has 1 N–H and O–H groups in total. The van der Waals surface area contributed by atoms with Gasteiger partial charge in [0, 0.05) is 74.0 Å². The van der Waals surface area contributed by atoms with E-state index in [0.29, 0.717) is 66.2 Å². The molecule has 10 heteroatoms. The van der Waals surface area contributed by atoms with Gasteiger partial charge in [0.05, 0.1) is 10.0 Å². The molecule has 0 bridgehead atoms. The number of nitrogens with zero attached hydrogens (tertiary/aromatic N) is 3. The van der Waals surface area contributed by atoms with Crippen molar-refractivity contribution in [3.63, 3.8) is 0 Å². The second-order valence-corrected chi connectivity index (χ2v) is 11.8. The van der Waals surface area contributed by atoms with Crippen LogP contribution in [-0.2, 0) is 9.59 Å². The lowest BCUT2D eigenvalue weighted by Crippen LogP contribution is -2.53. The van der Waals surface area contributed by atoms with Gasteiger partial charge in [-0.05, 0) is 55.2 Å². The fourth-order valence-corrected chi connectivity index (χ4v) is 6.41. The van der Waals surface area contributed by atoms with Crippen LogP contribution in [0.2, 0.25) is 15.1 Å². The minimum absolute atomic E-state index is 0.0483. The third-order valence-corrected chi connectivity index (χ3v) is 9.16. The first-order valence-corrected chi connectivity index (χ1v) is 14.3. The Balaban J connectivity index is 1.38. The number of rotatable bonds is 4. The van der Waals surface area contributed by atoms with Crippen molar-refractivity contribution in [2.24, 2.45) is 5.92 Å². The van der Waals surface area contributed by atoms with Gasteiger partial charge in [-0.2, -0.15) is 0 Å². The topological polar surface area (TPSA) is 76.7 Å². The summed E-state index contributed by atoms with van der Waals surface area (Å²) in [6.45, 7) is 3.79. The van der Waals surface area contributed by atoms with Crippen molar-refractivity contribution in [1.29, 1.82) is 0 Å². The van der Waals surface area contributed by atoms with Crippen LogP contribution in [0.3, 0.4) is 0 Å². The lowest BCUT2D eigenvalue weighted by atomic mass is 9.84. The van der Waals surface area contributed by atoms with Crippen LogP contribution in [0.5, 0.6) is 0 Å². The maximum Gasteiger partial charge on any atom is 0.270 e. The molecule has 1 aromatic heterocycles. The maximum absolute atomic E-state index is 13.6. The monoisotopic (exact) mass is 588 g/mol. The number of halogens is 3. The quantitative estimate of drug-likeness (QED) is 0.415. The molecule has 2 aliphatic heterocycles. The highest BCUT2D eigenvalue weighted by atomic mass is 35.5.